The Morgan fingerprint density at radius 1 is 0.950 bits per heavy atom. The molecule has 20 heavy (non-hydrogen) atoms. The number of hydrogen-bond acceptors (Lipinski definition) is 1. The molecule has 1 heteroatoms. The molecule has 0 aromatic carbocycles. The predicted octanol–water partition coefficient (Wildman–Crippen LogP) is 5.54. The van der Waals surface area contributed by atoms with E-state index in [4.69, 9.17) is 0 Å². The fraction of sp³-hybridized carbons (Fsp3) is 1.00. The minimum atomic E-state index is 0.556. The molecule has 2 aliphatic carbocycles. The molecular weight excluding hydrogens is 242 g/mol. The van der Waals surface area contributed by atoms with Gasteiger partial charge in [-0.15, -0.1) is 0 Å². The van der Waals surface area contributed by atoms with Crippen molar-refractivity contribution < 1.29 is 0 Å². The standard InChI is InChI=1S/C19H37N/c1-5-19(3,4)17-11-13-18(14-12-17)20-15(2)16-9-7-6-8-10-16/h15-18,20H,5-14H2,1-4H3/t15-,17?,18?/m0/s1. The zero-order valence-corrected chi connectivity index (χ0v) is 14.4. The highest BCUT2D eigenvalue weighted by Gasteiger charge is 2.32. The van der Waals surface area contributed by atoms with Crippen molar-refractivity contribution in [3.05, 3.63) is 0 Å². The van der Waals surface area contributed by atoms with Gasteiger partial charge in [-0.2, -0.15) is 0 Å². The van der Waals surface area contributed by atoms with Crippen LogP contribution in [-0.2, 0) is 0 Å². The van der Waals surface area contributed by atoms with Crippen molar-refractivity contribution in [1.82, 2.24) is 5.32 Å². The lowest BCUT2D eigenvalue weighted by Gasteiger charge is -2.40. The summed E-state index contributed by atoms with van der Waals surface area (Å²) in [5, 5.41) is 3.98. The van der Waals surface area contributed by atoms with Crippen molar-refractivity contribution in [2.45, 2.75) is 104 Å². The van der Waals surface area contributed by atoms with E-state index in [0.29, 0.717) is 5.41 Å². The third-order valence-corrected chi connectivity index (χ3v) is 6.60. The summed E-state index contributed by atoms with van der Waals surface area (Å²) < 4.78 is 0. The van der Waals surface area contributed by atoms with E-state index in [9.17, 15) is 0 Å². The van der Waals surface area contributed by atoms with Crippen LogP contribution in [0.4, 0.5) is 0 Å². The van der Waals surface area contributed by atoms with Gasteiger partial charge in [0.2, 0.25) is 0 Å². The fourth-order valence-corrected chi connectivity index (χ4v) is 4.47. The quantitative estimate of drug-likeness (QED) is 0.696. The highest BCUT2D eigenvalue weighted by Crippen LogP contribution is 2.40. The Balaban J connectivity index is 1.73. The minimum absolute atomic E-state index is 0.556. The highest BCUT2D eigenvalue weighted by molar-refractivity contribution is 4.87. The Bertz CT molecular complexity index is 269. The van der Waals surface area contributed by atoms with Gasteiger partial charge in [-0.05, 0) is 62.7 Å². The van der Waals surface area contributed by atoms with E-state index in [2.05, 4.69) is 33.0 Å². The van der Waals surface area contributed by atoms with E-state index in [1.807, 2.05) is 0 Å². The summed E-state index contributed by atoms with van der Waals surface area (Å²) in [7, 11) is 0. The van der Waals surface area contributed by atoms with E-state index >= 15 is 0 Å². The zero-order chi connectivity index (χ0) is 14.6. The number of rotatable bonds is 5. The molecule has 0 aromatic heterocycles. The van der Waals surface area contributed by atoms with Gasteiger partial charge in [0.25, 0.3) is 0 Å². The number of hydrogen-bond donors (Lipinski definition) is 1. The first kappa shape index (κ1) is 16.3. The molecule has 0 radical (unpaired) electrons. The van der Waals surface area contributed by atoms with Crippen molar-refractivity contribution in [2.24, 2.45) is 17.3 Å². The lowest BCUT2D eigenvalue weighted by molar-refractivity contribution is 0.129. The molecule has 2 saturated carbocycles. The molecule has 2 fully saturated rings. The third-order valence-electron chi connectivity index (χ3n) is 6.60. The molecule has 0 saturated heterocycles. The van der Waals surface area contributed by atoms with Crippen LogP contribution in [-0.4, -0.2) is 12.1 Å². The van der Waals surface area contributed by atoms with Gasteiger partial charge in [-0.25, -0.2) is 0 Å². The van der Waals surface area contributed by atoms with Gasteiger partial charge in [-0.3, -0.25) is 0 Å². The van der Waals surface area contributed by atoms with Gasteiger partial charge < -0.3 is 5.32 Å². The molecule has 0 unspecified atom stereocenters. The van der Waals surface area contributed by atoms with E-state index < -0.39 is 0 Å². The van der Waals surface area contributed by atoms with Crippen LogP contribution in [0.2, 0.25) is 0 Å². The Labute approximate surface area is 127 Å². The molecule has 0 amide bonds. The minimum Gasteiger partial charge on any atom is -0.311 e. The molecule has 0 spiro atoms. The van der Waals surface area contributed by atoms with Crippen LogP contribution in [0.3, 0.4) is 0 Å². The zero-order valence-electron chi connectivity index (χ0n) is 14.4. The molecule has 118 valence electrons. The molecule has 1 nitrogen and oxygen atoms in total. The Morgan fingerprint density at radius 3 is 2.10 bits per heavy atom. The molecular formula is C19H37N. The van der Waals surface area contributed by atoms with Crippen molar-refractivity contribution >= 4 is 0 Å². The lowest BCUT2D eigenvalue weighted by atomic mass is 9.69. The van der Waals surface area contributed by atoms with Crippen molar-refractivity contribution in [3.8, 4) is 0 Å². The maximum atomic E-state index is 3.98. The van der Waals surface area contributed by atoms with Gasteiger partial charge in [-0.1, -0.05) is 46.5 Å². The van der Waals surface area contributed by atoms with Crippen LogP contribution in [0.1, 0.15) is 91.9 Å². The Hall–Kier alpha value is -0.0400. The van der Waals surface area contributed by atoms with Gasteiger partial charge in [0.05, 0.1) is 0 Å². The smallest absolute Gasteiger partial charge is 0.00698 e. The molecule has 0 heterocycles. The van der Waals surface area contributed by atoms with E-state index in [1.54, 1.807) is 0 Å². The maximum Gasteiger partial charge on any atom is 0.00698 e. The van der Waals surface area contributed by atoms with Crippen LogP contribution >= 0.6 is 0 Å². The average molecular weight is 280 g/mol. The molecule has 1 N–H and O–H groups in total. The monoisotopic (exact) mass is 279 g/mol. The summed E-state index contributed by atoms with van der Waals surface area (Å²) in [6.45, 7) is 9.74. The average Bonchev–Trinajstić information content (AvgIpc) is 2.48. The second-order valence-electron chi connectivity index (χ2n) is 8.24. The van der Waals surface area contributed by atoms with Crippen molar-refractivity contribution in [1.29, 1.82) is 0 Å². The van der Waals surface area contributed by atoms with Crippen molar-refractivity contribution in [3.63, 3.8) is 0 Å². The first-order chi connectivity index (χ1) is 9.53. The summed E-state index contributed by atoms with van der Waals surface area (Å²) in [4.78, 5) is 0. The van der Waals surface area contributed by atoms with Gasteiger partial charge in [0.1, 0.15) is 0 Å². The predicted molar refractivity (Wildman–Crippen MR) is 89.0 cm³/mol. The van der Waals surface area contributed by atoms with Crippen molar-refractivity contribution in [2.75, 3.05) is 0 Å². The van der Waals surface area contributed by atoms with Gasteiger partial charge in [0.15, 0.2) is 0 Å². The van der Waals surface area contributed by atoms with E-state index in [-0.39, 0.29) is 0 Å². The maximum absolute atomic E-state index is 3.98. The molecule has 2 rings (SSSR count). The second kappa shape index (κ2) is 7.29. The van der Waals surface area contributed by atoms with E-state index in [1.165, 1.54) is 64.2 Å². The lowest BCUT2D eigenvalue weighted by Crippen LogP contribution is -2.44. The molecule has 0 aromatic rings. The number of nitrogens with one attached hydrogen (secondary N) is 1. The first-order valence-corrected chi connectivity index (χ1v) is 9.29. The summed E-state index contributed by atoms with van der Waals surface area (Å²) in [6.07, 6.45) is 14.4. The summed E-state index contributed by atoms with van der Waals surface area (Å²) in [5.41, 5.74) is 0.556. The molecule has 1 atom stereocenters. The van der Waals surface area contributed by atoms with Crippen LogP contribution in [0.5, 0.6) is 0 Å². The largest absolute Gasteiger partial charge is 0.311 e. The second-order valence-corrected chi connectivity index (χ2v) is 8.24. The summed E-state index contributed by atoms with van der Waals surface area (Å²) in [6, 6.07) is 1.55. The molecule has 0 aliphatic heterocycles. The van der Waals surface area contributed by atoms with Crippen LogP contribution in [0, 0.1) is 17.3 Å². The van der Waals surface area contributed by atoms with Gasteiger partial charge in [0, 0.05) is 12.1 Å². The molecule has 2 aliphatic rings. The first-order valence-electron chi connectivity index (χ1n) is 9.29. The van der Waals surface area contributed by atoms with E-state index in [0.717, 1.165) is 23.9 Å². The normalized spacial score (nSPS) is 31.2. The van der Waals surface area contributed by atoms with Crippen LogP contribution < -0.4 is 5.32 Å². The Kier molecular flexibility index (Phi) is 5.95. The summed E-state index contributed by atoms with van der Waals surface area (Å²) in [5.74, 6) is 1.91. The SMILES string of the molecule is CCC(C)(C)C1CCC(N[C@@H](C)C2CCCCC2)CC1. The molecule has 0 bridgehead atoms. The summed E-state index contributed by atoms with van der Waals surface area (Å²) >= 11 is 0. The third kappa shape index (κ3) is 4.23. The van der Waals surface area contributed by atoms with Crippen LogP contribution in [0.25, 0.3) is 0 Å². The topological polar surface area (TPSA) is 12.0 Å². The van der Waals surface area contributed by atoms with Crippen LogP contribution in [0.15, 0.2) is 0 Å². The Morgan fingerprint density at radius 2 is 1.55 bits per heavy atom. The van der Waals surface area contributed by atoms with Gasteiger partial charge >= 0.3 is 0 Å². The highest BCUT2D eigenvalue weighted by atomic mass is 15.0. The fourth-order valence-electron chi connectivity index (χ4n) is 4.47.